The quantitative estimate of drug-likeness (QED) is 0.787. The van der Waals surface area contributed by atoms with E-state index in [9.17, 15) is 9.59 Å². The molecule has 3 saturated carbocycles. The standard InChI is InChI=1S/C21H35NO2/c23-20(17-7-3-1-4-8-17)15-16-11-13-19(14-12-16)22-21(24)18-9-5-2-6-10-18/h16-19H,1-15H2,(H,22,24). The van der Waals surface area contributed by atoms with Crippen LogP contribution < -0.4 is 5.32 Å². The highest BCUT2D eigenvalue weighted by atomic mass is 16.2. The van der Waals surface area contributed by atoms with Crippen molar-refractivity contribution in [3.63, 3.8) is 0 Å². The molecule has 0 bridgehead atoms. The molecule has 0 aromatic heterocycles. The molecule has 3 rings (SSSR count). The number of carbonyl (C=O) groups is 2. The molecule has 0 saturated heterocycles. The van der Waals surface area contributed by atoms with Crippen molar-refractivity contribution in [1.82, 2.24) is 5.32 Å². The summed E-state index contributed by atoms with van der Waals surface area (Å²) in [6, 6.07) is 0.362. The van der Waals surface area contributed by atoms with E-state index in [1.54, 1.807) is 0 Å². The lowest BCUT2D eigenvalue weighted by Crippen LogP contribution is -2.41. The third-order valence-corrected chi connectivity index (χ3v) is 6.72. The van der Waals surface area contributed by atoms with Crippen LogP contribution in [0.25, 0.3) is 0 Å². The van der Waals surface area contributed by atoms with Crippen molar-refractivity contribution in [3.05, 3.63) is 0 Å². The van der Waals surface area contributed by atoms with Crippen LogP contribution in [0.2, 0.25) is 0 Å². The Hall–Kier alpha value is -0.860. The minimum absolute atomic E-state index is 0.268. The fourth-order valence-corrected chi connectivity index (χ4v) is 5.07. The number of carbonyl (C=O) groups excluding carboxylic acids is 2. The maximum Gasteiger partial charge on any atom is 0.223 e. The first-order valence-electron chi connectivity index (χ1n) is 10.6. The Morgan fingerprint density at radius 1 is 0.667 bits per heavy atom. The van der Waals surface area contributed by atoms with E-state index >= 15 is 0 Å². The van der Waals surface area contributed by atoms with Crippen LogP contribution in [0.15, 0.2) is 0 Å². The fraction of sp³-hybridized carbons (Fsp3) is 0.905. The van der Waals surface area contributed by atoms with Gasteiger partial charge in [-0.15, -0.1) is 0 Å². The molecule has 24 heavy (non-hydrogen) atoms. The number of hydrogen-bond donors (Lipinski definition) is 1. The van der Waals surface area contributed by atoms with Crippen molar-refractivity contribution in [3.8, 4) is 0 Å². The summed E-state index contributed by atoms with van der Waals surface area (Å²) in [6.45, 7) is 0. The summed E-state index contributed by atoms with van der Waals surface area (Å²) in [5.74, 6) is 2.04. The molecule has 1 amide bonds. The Morgan fingerprint density at radius 3 is 1.79 bits per heavy atom. The van der Waals surface area contributed by atoms with E-state index in [4.69, 9.17) is 0 Å². The maximum absolute atomic E-state index is 12.5. The lowest BCUT2D eigenvalue weighted by molar-refractivity contribution is -0.127. The number of amides is 1. The molecule has 3 aliphatic carbocycles. The molecule has 0 aromatic carbocycles. The fourth-order valence-electron chi connectivity index (χ4n) is 5.07. The van der Waals surface area contributed by atoms with Gasteiger partial charge in [-0.05, 0) is 57.3 Å². The van der Waals surface area contributed by atoms with Crippen molar-refractivity contribution in [2.24, 2.45) is 17.8 Å². The third-order valence-electron chi connectivity index (χ3n) is 6.72. The topological polar surface area (TPSA) is 46.2 Å². The molecular weight excluding hydrogens is 298 g/mol. The number of nitrogens with one attached hydrogen (secondary N) is 1. The molecule has 3 fully saturated rings. The van der Waals surface area contributed by atoms with E-state index in [-0.39, 0.29) is 5.92 Å². The number of rotatable bonds is 5. The van der Waals surface area contributed by atoms with Crippen molar-refractivity contribution >= 4 is 11.7 Å². The van der Waals surface area contributed by atoms with Gasteiger partial charge < -0.3 is 5.32 Å². The van der Waals surface area contributed by atoms with Crippen LogP contribution in [-0.2, 0) is 9.59 Å². The molecule has 0 unspecified atom stereocenters. The highest BCUT2D eigenvalue weighted by Crippen LogP contribution is 2.32. The van der Waals surface area contributed by atoms with Gasteiger partial charge >= 0.3 is 0 Å². The third kappa shape index (κ3) is 5.07. The number of Topliss-reactive ketones (excluding diaryl/α,β-unsaturated/α-hetero) is 1. The van der Waals surface area contributed by atoms with Crippen LogP contribution >= 0.6 is 0 Å². The van der Waals surface area contributed by atoms with E-state index in [1.807, 2.05) is 0 Å². The Balaban J connectivity index is 1.36. The monoisotopic (exact) mass is 333 g/mol. The molecule has 136 valence electrons. The first-order valence-corrected chi connectivity index (χ1v) is 10.6. The first-order chi connectivity index (χ1) is 11.7. The minimum Gasteiger partial charge on any atom is -0.353 e. The summed E-state index contributed by atoms with van der Waals surface area (Å²) >= 11 is 0. The van der Waals surface area contributed by atoms with Crippen LogP contribution in [0.3, 0.4) is 0 Å². The van der Waals surface area contributed by atoms with Crippen molar-refractivity contribution in [2.45, 2.75) is 102 Å². The van der Waals surface area contributed by atoms with E-state index in [1.165, 1.54) is 38.5 Å². The Bertz CT molecular complexity index is 374. The SMILES string of the molecule is O=C(CC1CCC(NC(=O)C2CCCCC2)CC1)C1CCCCC1. The van der Waals surface area contributed by atoms with Gasteiger partial charge in [-0.1, -0.05) is 38.5 Å². The Labute approximate surface area is 147 Å². The molecule has 0 radical (unpaired) electrons. The smallest absolute Gasteiger partial charge is 0.223 e. The summed E-state index contributed by atoms with van der Waals surface area (Å²) < 4.78 is 0. The van der Waals surface area contributed by atoms with Crippen LogP contribution in [0.4, 0.5) is 0 Å². The summed E-state index contributed by atoms with van der Waals surface area (Å²) in [5, 5.41) is 3.30. The Morgan fingerprint density at radius 2 is 1.21 bits per heavy atom. The van der Waals surface area contributed by atoms with E-state index in [0.29, 0.717) is 29.6 Å². The van der Waals surface area contributed by atoms with Gasteiger partial charge in [-0.3, -0.25) is 9.59 Å². The Kier molecular flexibility index (Phi) is 6.74. The first kappa shape index (κ1) is 17.9. The largest absolute Gasteiger partial charge is 0.353 e. The maximum atomic E-state index is 12.5. The molecule has 0 heterocycles. The van der Waals surface area contributed by atoms with Crippen LogP contribution in [0, 0.1) is 17.8 Å². The highest BCUT2D eigenvalue weighted by molar-refractivity contribution is 5.81. The average Bonchev–Trinajstić information content (AvgIpc) is 2.65. The van der Waals surface area contributed by atoms with Gasteiger partial charge in [-0.2, -0.15) is 0 Å². The van der Waals surface area contributed by atoms with Crippen LogP contribution in [-0.4, -0.2) is 17.7 Å². The van der Waals surface area contributed by atoms with Gasteiger partial charge in [0.25, 0.3) is 0 Å². The zero-order chi connectivity index (χ0) is 16.8. The van der Waals surface area contributed by atoms with E-state index in [0.717, 1.165) is 57.8 Å². The summed E-state index contributed by atoms with van der Waals surface area (Å²) in [4.78, 5) is 24.8. The minimum atomic E-state index is 0.268. The lowest BCUT2D eigenvalue weighted by atomic mass is 9.78. The summed E-state index contributed by atoms with van der Waals surface area (Å²) in [5.41, 5.74) is 0. The van der Waals surface area contributed by atoms with Crippen molar-refractivity contribution < 1.29 is 9.59 Å². The predicted octanol–water partition coefficient (Wildman–Crippen LogP) is 4.78. The summed E-state index contributed by atoms with van der Waals surface area (Å²) in [7, 11) is 0. The van der Waals surface area contributed by atoms with Gasteiger partial charge in [0.2, 0.25) is 5.91 Å². The normalized spacial score (nSPS) is 30.0. The molecule has 0 spiro atoms. The predicted molar refractivity (Wildman–Crippen MR) is 96.7 cm³/mol. The van der Waals surface area contributed by atoms with Gasteiger partial charge in [-0.25, -0.2) is 0 Å². The average molecular weight is 334 g/mol. The highest BCUT2D eigenvalue weighted by Gasteiger charge is 2.29. The van der Waals surface area contributed by atoms with Gasteiger partial charge in [0, 0.05) is 24.3 Å². The van der Waals surface area contributed by atoms with E-state index < -0.39 is 0 Å². The zero-order valence-corrected chi connectivity index (χ0v) is 15.2. The number of ketones is 1. The zero-order valence-electron chi connectivity index (χ0n) is 15.2. The molecule has 0 aromatic rings. The van der Waals surface area contributed by atoms with Crippen LogP contribution in [0.5, 0.6) is 0 Å². The van der Waals surface area contributed by atoms with Crippen molar-refractivity contribution in [1.29, 1.82) is 0 Å². The second-order valence-corrected chi connectivity index (χ2v) is 8.57. The van der Waals surface area contributed by atoms with Crippen LogP contribution in [0.1, 0.15) is 96.3 Å². The van der Waals surface area contributed by atoms with E-state index in [2.05, 4.69) is 5.32 Å². The molecule has 1 N–H and O–H groups in total. The molecule has 3 nitrogen and oxygen atoms in total. The molecule has 0 atom stereocenters. The van der Waals surface area contributed by atoms with Gasteiger partial charge in [0.15, 0.2) is 0 Å². The van der Waals surface area contributed by atoms with Crippen molar-refractivity contribution in [2.75, 3.05) is 0 Å². The van der Waals surface area contributed by atoms with Gasteiger partial charge in [0.05, 0.1) is 0 Å². The molecule has 3 heteroatoms. The molecule has 0 aliphatic heterocycles. The molecular formula is C21H35NO2. The molecule has 3 aliphatic rings. The summed E-state index contributed by atoms with van der Waals surface area (Å²) in [6.07, 6.45) is 17.1. The second kappa shape index (κ2) is 9.01. The lowest BCUT2D eigenvalue weighted by Gasteiger charge is -2.31. The number of hydrogen-bond acceptors (Lipinski definition) is 2. The second-order valence-electron chi connectivity index (χ2n) is 8.57. The van der Waals surface area contributed by atoms with Gasteiger partial charge in [0.1, 0.15) is 5.78 Å².